The van der Waals surface area contributed by atoms with Gasteiger partial charge in [-0.25, -0.2) is 8.42 Å². The highest BCUT2D eigenvalue weighted by molar-refractivity contribution is 7.92. The number of hydrogen-bond acceptors (Lipinski definition) is 3. The summed E-state index contributed by atoms with van der Waals surface area (Å²) in [7, 11) is -3.71. The Hall–Kier alpha value is -1.76. The van der Waals surface area contributed by atoms with Gasteiger partial charge in [-0.3, -0.25) is 9.10 Å². The number of anilines is 1. The van der Waals surface area contributed by atoms with Crippen molar-refractivity contribution in [3.05, 3.63) is 64.1 Å². The van der Waals surface area contributed by atoms with E-state index in [0.717, 1.165) is 23.4 Å². The normalized spacial score (nSPS) is 13.6. The number of benzene rings is 2. The molecule has 0 spiro atoms. The van der Waals surface area contributed by atoms with Crippen LogP contribution >= 0.6 is 23.2 Å². The molecule has 1 amide bonds. The van der Waals surface area contributed by atoms with Gasteiger partial charge in [-0.15, -0.1) is 0 Å². The van der Waals surface area contributed by atoms with Crippen LogP contribution in [-0.2, 0) is 21.2 Å². The summed E-state index contributed by atoms with van der Waals surface area (Å²) in [5, 5.41) is 3.42. The molecule has 28 heavy (non-hydrogen) atoms. The third kappa shape index (κ3) is 6.12. The molecule has 1 N–H and O–H groups in total. The first kappa shape index (κ1) is 22.5. The number of carbonyl (C=O) groups is 1. The number of hydrogen-bond donors (Lipinski definition) is 1. The van der Waals surface area contributed by atoms with Crippen LogP contribution in [0.5, 0.6) is 0 Å². The fraction of sp³-hybridized carbons (Fsp3) is 0.350. The van der Waals surface area contributed by atoms with E-state index in [1.54, 1.807) is 6.92 Å². The predicted octanol–water partition coefficient (Wildman–Crippen LogP) is 4.29. The molecule has 0 aromatic heterocycles. The lowest BCUT2D eigenvalue weighted by atomic mass is 10.1. The molecular formula is C20H24Cl2N2O3S. The van der Waals surface area contributed by atoms with Crippen LogP contribution in [0.2, 0.25) is 10.0 Å². The Morgan fingerprint density at radius 2 is 1.71 bits per heavy atom. The Morgan fingerprint density at radius 1 is 1.07 bits per heavy atom. The molecule has 0 aliphatic rings. The summed E-state index contributed by atoms with van der Waals surface area (Å²) in [5.41, 5.74) is 1.47. The summed E-state index contributed by atoms with van der Waals surface area (Å²) in [4.78, 5) is 12.7. The molecule has 0 fully saturated rings. The van der Waals surface area contributed by atoms with Crippen LogP contribution in [0.15, 0.2) is 48.5 Å². The topological polar surface area (TPSA) is 66.5 Å². The molecule has 0 saturated carbocycles. The van der Waals surface area contributed by atoms with Crippen LogP contribution in [0.4, 0.5) is 5.69 Å². The minimum Gasteiger partial charge on any atom is -0.352 e. The van der Waals surface area contributed by atoms with Crippen molar-refractivity contribution in [2.45, 2.75) is 38.8 Å². The van der Waals surface area contributed by atoms with Gasteiger partial charge in [0.2, 0.25) is 15.9 Å². The number of carbonyl (C=O) groups excluding carboxylic acids is 1. The number of nitrogens with zero attached hydrogens (tertiary/aromatic N) is 1. The maximum absolute atomic E-state index is 12.7. The zero-order valence-corrected chi connectivity index (χ0v) is 18.4. The summed E-state index contributed by atoms with van der Waals surface area (Å²) < 4.78 is 25.7. The van der Waals surface area contributed by atoms with E-state index in [-0.39, 0.29) is 22.7 Å². The highest BCUT2D eigenvalue weighted by Crippen LogP contribution is 2.29. The molecule has 2 rings (SSSR count). The summed E-state index contributed by atoms with van der Waals surface area (Å²) >= 11 is 11.9. The van der Waals surface area contributed by atoms with Gasteiger partial charge in [0.25, 0.3) is 0 Å². The van der Waals surface area contributed by atoms with Gasteiger partial charge in [-0.1, -0.05) is 53.5 Å². The molecule has 0 aliphatic heterocycles. The number of amides is 1. The van der Waals surface area contributed by atoms with E-state index in [1.807, 2.05) is 37.3 Å². The Kier molecular flexibility index (Phi) is 7.75. The zero-order chi connectivity index (χ0) is 20.9. The van der Waals surface area contributed by atoms with Gasteiger partial charge < -0.3 is 5.32 Å². The second-order valence-electron chi connectivity index (χ2n) is 6.77. The van der Waals surface area contributed by atoms with E-state index >= 15 is 0 Å². The lowest BCUT2D eigenvalue weighted by Crippen LogP contribution is -2.50. The van der Waals surface area contributed by atoms with Crippen LogP contribution in [0, 0.1) is 0 Å². The van der Waals surface area contributed by atoms with Gasteiger partial charge in [-0.2, -0.15) is 0 Å². The summed E-state index contributed by atoms with van der Waals surface area (Å²) in [5.74, 6) is -0.378. The quantitative estimate of drug-likeness (QED) is 0.662. The Labute approximate surface area is 176 Å². The van der Waals surface area contributed by atoms with Crippen LogP contribution < -0.4 is 9.62 Å². The minimum atomic E-state index is -3.71. The van der Waals surface area contributed by atoms with E-state index in [0.29, 0.717) is 5.02 Å². The lowest BCUT2D eigenvalue weighted by Gasteiger charge is -2.29. The maximum atomic E-state index is 12.7. The van der Waals surface area contributed by atoms with Crippen molar-refractivity contribution in [2.24, 2.45) is 0 Å². The van der Waals surface area contributed by atoms with Crippen LogP contribution in [0.3, 0.4) is 0 Å². The van der Waals surface area contributed by atoms with Crippen LogP contribution in [-0.4, -0.2) is 32.7 Å². The highest BCUT2D eigenvalue weighted by Gasteiger charge is 2.30. The van der Waals surface area contributed by atoms with Gasteiger partial charge >= 0.3 is 0 Å². The zero-order valence-electron chi connectivity index (χ0n) is 16.0. The van der Waals surface area contributed by atoms with E-state index in [4.69, 9.17) is 23.2 Å². The second-order valence-corrected chi connectivity index (χ2v) is 9.44. The third-order valence-electron chi connectivity index (χ3n) is 4.34. The molecular weight excluding hydrogens is 419 g/mol. The summed E-state index contributed by atoms with van der Waals surface area (Å²) in [6.45, 7) is 3.44. The molecule has 2 atom stereocenters. The smallest absolute Gasteiger partial charge is 0.243 e. The van der Waals surface area contributed by atoms with E-state index in [1.165, 1.54) is 23.8 Å². The molecule has 5 nitrogen and oxygen atoms in total. The highest BCUT2D eigenvalue weighted by atomic mass is 35.5. The second kappa shape index (κ2) is 9.63. The molecule has 0 radical (unpaired) electrons. The van der Waals surface area contributed by atoms with Gasteiger partial charge in [-0.05, 0) is 50.5 Å². The fourth-order valence-electron chi connectivity index (χ4n) is 2.89. The number of aryl methyl sites for hydroxylation is 1. The van der Waals surface area contributed by atoms with Gasteiger partial charge in [0.1, 0.15) is 6.04 Å². The van der Waals surface area contributed by atoms with Crippen molar-refractivity contribution in [3.63, 3.8) is 0 Å². The molecule has 0 bridgehead atoms. The molecule has 2 aromatic carbocycles. The number of rotatable bonds is 8. The molecule has 0 saturated heterocycles. The van der Waals surface area contributed by atoms with E-state index in [2.05, 4.69) is 5.32 Å². The van der Waals surface area contributed by atoms with Crippen molar-refractivity contribution in [2.75, 3.05) is 10.6 Å². The molecule has 8 heteroatoms. The fourth-order valence-corrected chi connectivity index (χ4v) is 4.35. The summed E-state index contributed by atoms with van der Waals surface area (Å²) in [6.07, 6.45) is 2.62. The lowest BCUT2D eigenvalue weighted by molar-refractivity contribution is -0.122. The molecule has 152 valence electrons. The number of nitrogens with one attached hydrogen (secondary N) is 1. The largest absolute Gasteiger partial charge is 0.352 e. The Morgan fingerprint density at radius 3 is 2.29 bits per heavy atom. The Bertz CT molecular complexity index is 920. The number of halogens is 2. The average molecular weight is 443 g/mol. The SMILES string of the molecule is CC(CCc1ccccc1)NC(=O)C(C)N(c1ccc(Cl)c(Cl)c1)S(C)(=O)=O. The average Bonchev–Trinajstić information content (AvgIpc) is 2.62. The molecule has 0 aliphatic carbocycles. The summed E-state index contributed by atoms with van der Waals surface area (Å²) in [6, 6.07) is 13.4. The van der Waals surface area contributed by atoms with Gasteiger partial charge in [0.15, 0.2) is 0 Å². The third-order valence-corrected chi connectivity index (χ3v) is 6.32. The monoisotopic (exact) mass is 442 g/mol. The maximum Gasteiger partial charge on any atom is 0.243 e. The van der Waals surface area contributed by atoms with E-state index in [9.17, 15) is 13.2 Å². The van der Waals surface area contributed by atoms with Crippen LogP contribution in [0.1, 0.15) is 25.8 Å². The Balaban J connectivity index is 2.09. The molecule has 2 unspecified atom stereocenters. The molecule has 2 aromatic rings. The van der Waals surface area contributed by atoms with Crippen molar-refractivity contribution in [1.82, 2.24) is 5.32 Å². The first-order valence-electron chi connectivity index (χ1n) is 8.88. The van der Waals surface area contributed by atoms with Crippen molar-refractivity contribution in [3.8, 4) is 0 Å². The number of sulfonamides is 1. The predicted molar refractivity (Wildman–Crippen MR) is 116 cm³/mol. The van der Waals surface area contributed by atoms with E-state index < -0.39 is 16.1 Å². The first-order chi connectivity index (χ1) is 13.1. The standard InChI is InChI=1S/C20H24Cl2N2O3S/c1-14(9-10-16-7-5-4-6-8-16)23-20(25)15(2)24(28(3,26)27)17-11-12-18(21)19(22)13-17/h4-8,11-15H,9-10H2,1-3H3,(H,23,25). The minimum absolute atomic E-state index is 0.106. The van der Waals surface area contributed by atoms with Gasteiger partial charge in [0, 0.05) is 6.04 Å². The molecule has 0 heterocycles. The first-order valence-corrected chi connectivity index (χ1v) is 11.5. The van der Waals surface area contributed by atoms with Crippen molar-refractivity contribution in [1.29, 1.82) is 0 Å². The van der Waals surface area contributed by atoms with Gasteiger partial charge in [0.05, 0.1) is 22.0 Å². The van der Waals surface area contributed by atoms with Crippen LogP contribution in [0.25, 0.3) is 0 Å². The van der Waals surface area contributed by atoms with Crippen molar-refractivity contribution < 1.29 is 13.2 Å². The van der Waals surface area contributed by atoms with Crippen molar-refractivity contribution >= 4 is 44.8 Å².